The third-order valence-electron chi connectivity index (χ3n) is 7.73. The lowest BCUT2D eigenvalue weighted by atomic mass is 9.68. The van der Waals surface area contributed by atoms with Gasteiger partial charge in [-0.1, -0.05) is 61.8 Å². The van der Waals surface area contributed by atoms with Crippen LogP contribution < -0.4 is 0 Å². The first-order valence-electron chi connectivity index (χ1n) is 12.7. The van der Waals surface area contributed by atoms with Crippen LogP contribution >= 0.6 is 0 Å². The molecule has 0 bridgehead atoms. The Hall–Kier alpha value is -1.34. The second-order valence-electron chi connectivity index (χ2n) is 9.76. The molecule has 2 aliphatic carbocycles. The Balaban J connectivity index is 1.36. The molecule has 1 nitrogen and oxygen atoms in total. The molecule has 0 spiro atoms. The van der Waals surface area contributed by atoms with Crippen LogP contribution in [0.2, 0.25) is 0 Å². The average molecular weight is 409 g/mol. The predicted octanol–water partition coefficient (Wildman–Crippen LogP) is 8.61. The summed E-state index contributed by atoms with van der Waals surface area (Å²) in [5.74, 6) is 3.80. The van der Waals surface area contributed by atoms with Gasteiger partial charge in [0.15, 0.2) is 0 Å². The van der Waals surface area contributed by atoms with E-state index in [-0.39, 0.29) is 0 Å². The molecule has 0 amide bonds. The van der Waals surface area contributed by atoms with Crippen molar-refractivity contribution < 1.29 is 4.74 Å². The summed E-state index contributed by atoms with van der Waals surface area (Å²) < 4.78 is 5.77. The Morgan fingerprint density at radius 3 is 2.20 bits per heavy atom. The SMILES string of the molecule is C=CCCC[C@H]1CC[C@H](C2CCC(c3ccc(COCCC=CC)cc3)CC2)CC1. The Labute approximate surface area is 186 Å². The van der Waals surface area contributed by atoms with E-state index >= 15 is 0 Å². The fourth-order valence-electron chi connectivity index (χ4n) is 5.82. The molecule has 166 valence electrons. The molecule has 1 heteroatoms. The van der Waals surface area contributed by atoms with Crippen LogP contribution in [0.25, 0.3) is 0 Å². The maximum atomic E-state index is 5.77. The van der Waals surface area contributed by atoms with E-state index in [0.717, 1.165) is 43.3 Å². The highest BCUT2D eigenvalue weighted by Gasteiger charge is 2.31. The second-order valence-corrected chi connectivity index (χ2v) is 9.76. The van der Waals surface area contributed by atoms with Crippen molar-refractivity contribution in [3.8, 4) is 0 Å². The topological polar surface area (TPSA) is 9.23 Å². The van der Waals surface area contributed by atoms with Crippen LogP contribution in [0, 0.1) is 17.8 Å². The minimum Gasteiger partial charge on any atom is -0.376 e. The van der Waals surface area contributed by atoms with E-state index < -0.39 is 0 Å². The fourth-order valence-corrected chi connectivity index (χ4v) is 5.82. The highest BCUT2D eigenvalue weighted by Crippen LogP contribution is 2.44. The summed E-state index contributed by atoms with van der Waals surface area (Å²) in [6.07, 6.45) is 23.0. The molecule has 0 aliphatic heterocycles. The largest absolute Gasteiger partial charge is 0.376 e. The third-order valence-corrected chi connectivity index (χ3v) is 7.73. The third kappa shape index (κ3) is 7.41. The molecule has 0 unspecified atom stereocenters. The lowest BCUT2D eigenvalue weighted by Gasteiger charge is -2.38. The molecule has 1 aromatic rings. The molecule has 0 atom stereocenters. The normalized spacial score (nSPS) is 27.4. The minimum absolute atomic E-state index is 0.737. The van der Waals surface area contributed by atoms with E-state index in [1.807, 2.05) is 0 Å². The predicted molar refractivity (Wildman–Crippen MR) is 130 cm³/mol. The van der Waals surface area contributed by atoms with Gasteiger partial charge in [0.1, 0.15) is 0 Å². The summed E-state index contributed by atoms with van der Waals surface area (Å²) in [7, 11) is 0. The van der Waals surface area contributed by atoms with Crippen LogP contribution in [0.5, 0.6) is 0 Å². The van der Waals surface area contributed by atoms with E-state index in [9.17, 15) is 0 Å². The van der Waals surface area contributed by atoms with Gasteiger partial charge in [0, 0.05) is 0 Å². The van der Waals surface area contributed by atoms with E-state index in [4.69, 9.17) is 4.74 Å². The monoisotopic (exact) mass is 408 g/mol. The van der Waals surface area contributed by atoms with Crippen LogP contribution in [0.3, 0.4) is 0 Å². The van der Waals surface area contributed by atoms with Crippen molar-refractivity contribution in [2.75, 3.05) is 6.61 Å². The summed E-state index contributed by atoms with van der Waals surface area (Å²) in [5, 5.41) is 0. The van der Waals surface area contributed by atoms with Crippen molar-refractivity contribution in [1.82, 2.24) is 0 Å². The first-order chi connectivity index (χ1) is 14.8. The van der Waals surface area contributed by atoms with Crippen molar-refractivity contribution in [3.63, 3.8) is 0 Å². The standard InChI is InChI=1S/C29H44O/c1-3-5-7-9-24-10-14-26(15-11-24)28-18-20-29(21-19-28)27-16-12-25(13-17-27)23-30-22-8-6-4-2/h3-4,6,12-13,16-17,24,26,28-29H,1,5,7-11,14-15,18-23H2,2H3/t24-,26-,28?,29?. The molecular formula is C29H44O. The molecular weight excluding hydrogens is 364 g/mol. The summed E-state index contributed by atoms with van der Waals surface area (Å²) >= 11 is 0. The summed E-state index contributed by atoms with van der Waals surface area (Å²) in [4.78, 5) is 0. The number of ether oxygens (including phenoxy) is 1. The molecule has 2 saturated carbocycles. The molecule has 3 rings (SSSR count). The van der Waals surface area contributed by atoms with Crippen LogP contribution in [-0.4, -0.2) is 6.61 Å². The number of benzene rings is 1. The first kappa shape index (κ1) is 23.3. The summed E-state index contributed by atoms with van der Waals surface area (Å²) in [5.41, 5.74) is 2.86. The molecule has 30 heavy (non-hydrogen) atoms. The second kappa shape index (κ2) is 13.2. The van der Waals surface area contributed by atoms with Gasteiger partial charge in [-0.3, -0.25) is 0 Å². The quantitative estimate of drug-likeness (QED) is 0.263. The Bertz CT molecular complexity index is 612. The number of hydrogen-bond acceptors (Lipinski definition) is 1. The molecule has 2 fully saturated rings. The number of unbranched alkanes of at least 4 members (excludes halogenated alkanes) is 1. The summed E-state index contributed by atoms with van der Waals surface area (Å²) in [6.45, 7) is 7.47. The van der Waals surface area contributed by atoms with Crippen molar-refractivity contribution in [2.24, 2.45) is 17.8 Å². The number of rotatable bonds is 11. The van der Waals surface area contributed by atoms with Gasteiger partial charge in [0.25, 0.3) is 0 Å². The zero-order valence-corrected chi connectivity index (χ0v) is 19.4. The van der Waals surface area contributed by atoms with Crippen molar-refractivity contribution in [1.29, 1.82) is 0 Å². The molecule has 0 saturated heterocycles. The van der Waals surface area contributed by atoms with Crippen LogP contribution in [0.1, 0.15) is 101 Å². The van der Waals surface area contributed by atoms with E-state index in [1.165, 1.54) is 76.2 Å². The van der Waals surface area contributed by atoms with Gasteiger partial charge >= 0.3 is 0 Å². The highest BCUT2D eigenvalue weighted by atomic mass is 16.5. The van der Waals surface area contributed by atoms with Gasteiger partial charge in [-0.05, 0) is 99.5 Å². The maximum absolute atomic E-state index is 5.77. The van der Waals surface area contributed by atoms with Crippen molar-refractivity contribution in [3.05, 3.63) is 60.2 Å². The lowest BCUT2D eigenvalue weighted by Crippen LogP contribution is -2.25. The lowest BCUT2D eigenvalue weighted by molar-refractivity contribution is 0.125. The Morgan fingerprint density at radius 2 is 1.57 bits per heavy atom. The molecule has 2 aliphatic rings. The van der Waals surface area contributed by atoms with Gasteiger partial charge in [-0.15, -0.1) is 6.58 Å². The minimum atomic E-state index is 0.737. The molecule has 0 N–H and O–H groups in total. The maximum Gasteiger partial charge on any atom is 0.0717 e. The van der Waals surface area contributed by atoms with E-state index in [1.54, 1.807) is 5.56 Å². The zero-order valence-electron chi connectivity index (χ0n) is 19.4. The van der Waals surface area contributed by atoms with Gasteiger partial charge < -0.3 is 4.74 Å². The Kier molecular flexibility index (Phi) is 10.2. The average Bonchev–Trinajstić information content (AvgIpc) is 2.80. The van der Waals surface area contributed by atoms with E-state index in [2.05, 4.69) is 56.0 Å². The first-order valence-corrected chi connectivity index (χ1v) is 12.7. The van der Waals surface area contributed by atoms with E-state index in [0.29, 0.717) is 0 Å². The smallest absolute Gasteiger partial charge is 0.0717 e. The summed E-state index contributed by atoms with van der Waals surface area (Å²) in [6, 6.07) is 9.30. The fraction of sp³-hybridized carbons (Fsp3) is 0.655. The number of allylic oxidation sites excluding steroid dienone is 2. The molecule has 0 heterocycles. The molecule has 0 aromatic heterocycles. The van der Waals surface area contributed by atoms with Crippen molar-refractivity contribution >= 4 is 0 Å². The molecule has 0 radical (unpaired) electrons. The van der Waals surface area contributed by atoms with Crippen LogP contribution in [-0.2, 0) is 11.3 Å². The van der Waals surface area contributed by atoms with Gasteiger partial charge in [0.2, 0.25) is 0 Å². The Morgan fingerprint density at radius 1 is 0.900 bits per heavy atom. The highest BCUT2D eigenvalue weighted by molar-refractivity contribution is 5.25. The van der Waals surface area contributed by atoms with Crippen molar-refractivity contribution in [2.45, 2.75) is 96.5 Å². The van der Waals surface area contributed by atoms with Gasteiger partial charge in [0.05, 0.1) is 13.2 Å². The van der Waals surface area contributed by atoms with Gasteiger partial charge in [-0.25, -0.2) is 0 Å². The van der Waals surface area contributed by atoms with Crippen LogP contribution in [0.15, 0.2) is 49.1 Å². The zero-order chi connectivity index (χ0) is 21.0. The molecule has 1 aromatic carbocycles. The van der Waals surface area contributed by atoms with Gasteiger partial charge in [-0.2, -0.15) is 0 Å². The number of hydrogen-bond donors (Lipinski definition) is 0. The van der Waals surface area contributed by atoms with Crippen LogP contribution in [0.4, 0.5) is 0 Å².